The van der Waals surface area contributed by atoms with E-state index in [0.717, 1.165) is 12.5 Å². The zero-order valence-electron chi connectivity index (χ0n) is 12.1. The van der Waals surface area contributed by atoms with E-state index in [0.29, 0.717) is 0 Å². The van der Waals surface area contributed by atoms with Crippen LogP contribution in [0, 0.1) is 5.92 Å². The van der Waals surface area contributed by atoms with Crippen LogP contribution in [-0.4, -0.2) is 14.9 Å². The molecular weight excluding hydrogens is 212 g/mol. The molecule has 0 bridgehead atoms. The molecule has 0 aliphatic heterocycles. The van der Waals surface area contributed by atoms with Crippen molar-refractivity contribution in [2.45, 2.75) is 78.4 Å². The molecule has 0 atom stereocenters. The average molecular weight is 244 g/mol. The van der Waals surface area contributed by atoms with Gasteiger partial charge in [0.05, 0.1) is 0 Å². The van der Waals surface area contributed by atoms with Crippen molar-refractivity contribution in [3.8, 4) is 0 Å². The highest BCUT2D eigenvalue weighted by atomic mass is 28.4. The van der Waals surface area contributed by atoms with Gasteiger partial charge in [-0.15, -0.1) is 0 Å². The molecule has 2 heteroatoms. The van der Waals surface area contributed by atoms with Crippen LogP contribution < -0.4 is 0 Å². The van der Waals surface area contributed by atoms with Crippen LogP contribution in [0.5, 0.6) is 0 Å². The summed E-state index contributed by atoms with van der Waals surface area (Å²) in [7, 11) is -1.29. The van der Waals surface area contributed by atoms with Crippen LogP contribution in [-0.2, 0) is 4.43 Å². The van der Waals surface area contributed by atoms with Crippen LogP contribution in [0.1, 0.15) is 59.3 Å². The van der Waals surface area contributed by atoms with Crippen LogP contribution in [0.2, 0.25) is 19.1 Å². The van der Waals surface area contributed by atoms with Crippen molar-refractivity contribution in [2.24, 2.45) is 5.92 Å². The first-order valence-electron chi connectivity index (χ1n) is 7.12. The van der Waals surface area contributed by atoms with Gasteiger partial charge in [0, 0.05) is 6.61 Å². The summed E-state index contributed by atoms with van der Waals surface area (Å²) in [6, 6.07) is 1.34. The molecule has 0 rings (SSSR count). The lowest BCUT2D eigenvalue weighted by Gasteiger charge is -2.21. The van der Waals surface area contributed by atoms with E-state index in [1.54, 1.807) is 0 Å². The van der Waals surface area contributed by atoms with Crippen molar-refractivity contribution in [2.75, 3.05) is 6.61 Å². The molecular formula is C14H32OSi. The summed E-state index contributed by atoms with van der Waals surface area (Å²) in [6.45, 7) is 12.3. The molecule has 0 aliphatic rings. The third-order valence-corrected chi connectivity index (χ3v) is 5.72. The fraction of sp³-hybridized carbons (Fsp3) is 1.00. The second-order valence-electron chi connectivity index (χ2n) is 5.89. The molecule has 0 fully saturated rings. The van der Waals surface area contributed by atoms with Crippen molar-refractivity contribution >= 4 is 8.32 Å². The van der Waals surface area contributed by atoms with Crippen LogP contribution in [0.15, 0.2) is 0 Å². The van der Waals surface area contributed by atoms with Gasteiger partial charge in [0.2, 0.25) is 0 Å². The molecule has 0 saturated heterocycles. The smallest absolute Gasteiger partial charge is 0.186 e. The highest BCUT2D eigenvalue weighted by Crippen LogP contribution is 2.17. The Balaban J connectivity index is 3.26. The van der Waals surface area contributed by atoms with Gasteiger partial charge < -0.3 is 4.43 Å². The fourth-order valence-electron chi connectivity index (χ4n) is 2.10. The fourth-order valence-corrected chi connectivity index (χ4v) is 4.12. The van der Waals surface area contributed by atoms with Crippen LogP contribution in [0.3, 0.4) is 0 Å². The molecule has 0 spiro atoms. The zero-order valence-corrected chi connectivity index (χ0v) is 13.1. The molecule has 16 heavy (non-hydrogen) atoms. The maximum atomic E-state index is 5.83. The van der Waals surface area contributed by atoms with Crippen LogP contribution in [0.4, 0.5) is 0 Å². The third-order valence-electron chi connectivity index (χ3n) is 3.10. The standard InChI is InChI=1S/C14H32OSi/c1-6-15-16(4,5)13-11-9-7-8-10-12-14(2)3/h14H,6-13H2,1-5H3. The van der Waals surface area contributed by atoms with Gasteiger partial charge in [-0.05, 0) is 32.0 Å². The Bertz CT molecular complexity index is 155. The van der Waals surface area contributed by atoms with E-state index in [1.807, 2.05) is 0 Å². The Morgan fingerprint density at radius 3 is 2.06 bits per heavy atom. The normalized spacial score (nSPS) is 12.4. The van der Waals surface area contributed by atoms with Gasteiger partial charge in [0.15, 0.2) is 8.32 Å². The molecule has 0 aromatic rings. The van der Waals surface area contributed by atoms with Crippen molar-refractivity contribution in [1.29, 1.82) is 0 Å². The second-order valence-corrected chi connectivity index (χ2v) is 10.2. The molecule has 1 nitrogen and oxygen atoms in total. The summed E-state index contributed by atoms with van der Waals surface area (Å²) in [5.41, 5.74) is 0. The molecule has 0 radical (unpaired) electrons. The summed E-state index contributed by atoms with van der Waals surface area (Å²) in [6.07, 6.45) is 8.45. The number of hydrogen-bond acceptors (Lipinski definition) is 1. The molecule has 0 aromatic heterocycles. The Morgan fingerprint density at radius 1 is 0.938 bits per heavy atom. The molecule has 0 unspecified atom stereocenters. The summed E-state index contributed by atoms with van der Waals surface area (Å²) in [5.74, 6) is 0.879. The highest BCUT2D eigenvalue weighted by Gasteiger charge is 2.20. The monoisotopic (exact) mass is 244 g/mol. The molecule has 0 aromatic carbocycles. The lowest BCUT2D eigenvalue weighted by molar-refractivity contribution is 0.327. The lowest BCUT2D eigenvalue weighted by atomic mass is 10.0. The predicted octanol–water partition coefficient (Wildman–Crippen LogP) is 5.22. The van der Waals surface area contributed by atoms with Crippen molar-refractivity contribution < 1.29 is 4.43 Å². The van der Waals surface area contributed by atoms with E-state index >= 15 is 0 Å². The summed E-state index contributed by atoms with van der Waals surface area (Å²) < 4.78 is 5.83. The Hall–Kier alpha value is 0.177. The molecule has 98 valence electrons. The number of unbranched alkanes of at least 4 members (excludes halogenated alkanes) is 4. The summed E-state index contributed by atoms with van der Waals surface area (Å²) >= 11 is 0. The minimum atomic E-state index is -1.29. The molecule has 0 N–H and O–H groups in total. The summed E-state index contributed by atoms with van der Waals surface area (Å²) in [5, 5.41) is 0. The van der Waals surface area contributed by atoms with E-state index in [4.69, 9.17) is 4.43 Å². The first-order valence-corrected chi connectivity index (χ1v) is 10.2. The lowest BCUT2D eigenvalue weighted by Crippen LogP contribution is -2.29. The Kier molecular flexibility index (Phi) is 9.33. The quantitative estimate of drug-likeness (QED) is 0.378. The van der Waals surface area contributed by atoms with E-state index in [-0.39, 0.29) is 0 Å². The maximum Gasteiger partial charge on any atom is 0.186 e. The Morgan fingerprint density at radius 2 is 1.50 bits per heavy atom. The van der Waals surface area contributed by atoms with Gasteiger partial charge in [-0.2, -0.15) is 0 Å². The van der Waals surface area contributed by atoms with E-state index < -0.39 is 8.32 Å². The largest absolute Gasteiger partial charge is 0.418 e. The second kappa shape index (κ2) is 9.23. The molecule has 0 amide bonds. The van der Waals surface area contributed by atoms with Crippen molar-refractivity contribution in [3.05, 3.63) is 0 Å². The van der Waals surface area contributed by atoms with Crippen molar-refractivity contribution in [1.82, 2.24) is 0 Å². The first kappa shape index (κ1) is 16.2. The Labute approximate surface area is 104 Å². The SMILES string of the molecule is CCO[Si](C)(C)CCCCCCCC(C)C. The summed E-state index contributed by atoms with van der Waals surface area (Å²) in [4.78, 5) is 0. The number of hydrogen-bond donors (Lipinski definition) is 0. The molecule has 0 heterocycles. The van der Waals surface area contributed by atoms with Gasteiger partial charge in [-0.1, -0.05) is 52.4 Å². The van der Waals surface area contributed by atoms with Gasteiger partial charge in [0.1, 0.15) is 0 Å². The van der Waals surface area contributed by atoms with Crippen LogP contribution >= 0.6 is 0 Å². The minimum Gasteiger partial charge on any atom is -0.418 e. The topological polar surface area (TPSA) is 9.23 Å². The highest BCUT2D eigenvalue weighted by molar-refractivity contribution is 6.71. The van der Waals surface area contributed by atoms with E-state index in [9.17, 15) is 0 Å². The van der Waals surface area contributed by atoms with Gasteiger partial charge in [-0.3, -0.25) is 0 Å². The van der Waals surface area contributed by atoms with E-state index in [2.05, 4.69) is 33.9 Å². The number of rotatable bonds is 10. The zero-order chi connectivity index (χ0) is 12.4. The van der Waals surface area contributed by atoms with Crippen LogP contribution in [0.25, 0.3) is 0 Å². The van der Waals surface area contributed by atoms with Gasteiger partial charge in [0.25, 0.3) is 0 Å². The molecule has 0 aliphatic carbocycles. The van der Waals surface area contributed by atoms with E-state index in [1.165, 1.54) is 44.6 Å². The molecule has 0 saturated carbocycles. The maximum absolute atomic E-state index is 5.83. The predicted molar refractivity (Wildman–Crippen MR) is 76.5 cm³/mol. The first-order chi connectivity index (χ1) is 7.48. The van der Waals surface area contributed by atoms with Gasteiger partial charge >= 0.3 is 0 Å². The van der Waals surface area contributed by atoms with Gasteiger partial charge in [-0.25, -0.2) is 0 Å². The third kappa shape index (κ3) is 10.7. The van der Waals surface area contributed by atoms with Crippen molar-refractivity contribution in [3.63, 3.8) is 0 Å². The average Bonchev–Trinajstić information content (AvgIpc) is 2.15. The minimum absolute atomic E-state index is 0.879.